The van der Waals surface area contributed by atoms with E-state index in [-0.39, 0.29) is 0 Å². The van der Waals surface area contributed by atoms with E-state index in [0.717, 1.165) is 49.7 Å². The van der Waals surface area contributed by atoms with E-state index in [9.17, 15) is 26.4 Å². The van der Waals surface area contributed by atoms with Crippen molar-refractivity contribution in [1.29, 1.82) is 0 Å². The van der Waals surface area contributed by atoms with Gasteiger partial charge in [0.25, 0.3) is 0 Å². The quantitative estimate of drug-likeness (QED) is 0.851. The van der Waals surface area contributed by atoms with Crippen LogP contribution in [-0.4, -0.2) is 19.8 Å². The average Bonchev–Trinajstić information content (AvgIpc) is 2.33. The molecule has 1 fully saturated rings. The molecular formula is C12H20F3NO3S. The summed E-state index contributed by atoms with van der Waals surface area (Å²) < 4.78 is 59.7. The molecule has 0 aliphatic heterocycles. The topological polar surface area (TPSA) is 63.2 Å². The highest BCUT2D eigenvalue weighted by Gasteiger charge is 2.47. The SMILES string of the molecule is O=C(NS(=O)(=O)C(F)(F)F)C1CCCCCCCCC1. The molecule has 118 valence electrons. The lowest BCUT2D eigenvalue weighted by Gasteiger charge is -2.18. The molecule has 8 heteroatoms. The number of alkyl halides is 3. The third-order valence-corrected chi connectivity index (χ3v) is 4.59. The molecule has 0 atom stereocenters. The molecule has 1 saturated carbocycles. The minimum Gasteiger partial charge on any atom is -0.274 e. The van der Waals surface area contributed by atoms with Gasteiger partial charge in [0.05, 0.1) is 0 Å². The van der Waals surface area contributed by atoms with Crippen molar-refractivity contribution in [3.05, 3.63) is 0 Å². The zero-order valence-electron chi connectivity index (χ0n) is 11.2. The molecule has 0 aromatic carbocycles. The van der Waals surface area contributed by atoms with Crippen LogP contribution >= 0.6 is 0 Å². The number of carbonyl (C=O) groups excluding carboxylic acids is 1. The van der Waals surface area contributed by atoms with E-state index in [1.807, 2.05) is 0 Å². The van der Waals surface area contributed by atoms with E-state index >= 15 is 0 Å². The molecule has 4 nitrogen and oxygen atoms in total. The number of hydrogen-bond acceptors (Lipinski definition) is 3. The first-order chi connectivity index (χ1) is 9.24. The molecular weight excluding hydrogens is 295 g/mol. The molecule has 0 spiro atoms. The van der Waals surface area contributed by atoms with Crippen LogP contribution in [-0.2, 0) is 14.8 Å². The Morgan fingerprint density at radius 2 is 1.30 bits per heavy atom. The minimum atomic E-state index is -5.58. The van der Waals surface area contributed by atoms with Gasteiger partial charge in [0.15, 0.2) is 0 Å². The molecule has 0 heterocycles. The molecule has 0 unspecified atom stereocenters. The van der Waals surface area contributed by atoms with Crippen molar-refractivity contribution >= 4 is 15.9 Å². The summed E-state index contributed by atoms with van der Waals surface area (Å²) in [5.41, 5.74) is -5.45. The van der Waals surface area contributed by atoms with Crippen LogP contribution in [0.4, 0.5) is 13.2 Å². The van der Waals surface area contributed by atoms with Gasteiger partial charge in [0.2, 0.25) is 5.91 Å². The summed E-state index contributed by atoms with van der Waals surface area (Å²) in [6.45, 7) is 0. The molecule has 1 aliphatic rings. The van der Waals surface area contributed by atoms with Gasteiger partial charge in [-0.3, -0.25) is 4.79 Å². The Morgan fingerprint density at radius 3 is 1.70 bits per heavy atom. The summed E-state index contributed by atoms with van der Waals surface area (Å²) in [7, 11) is -5.58. The van der Waals surface area contributed by atoms with E-state index in [1.54, 1.807) is 0 Å². The molecule has 1 amide bonds. The van der Waals surface area contributed by atoms with Crippen LogP contribution in [0.25, 0.3) is 0 Å². The first-order valence-corrected chi connectivity index (χ1v) is 8.35. The second kappa shape index (κ2) is 7.28. The second-order valence-corrected chi connectivity index (χ2v) is 6.84. The number of carbonyl (C=O) groups is 1. The molecule has 1 aliphatic carbocycles. The summed E-state index contributed by atoms with van der Waals surface area (Å²) in [5, 5.41) is 0. The van der Waals surface area contributed by atoms with Crippen LogP contribution in [0.1, 0.15) is 57.8 Å². The predicted molar refractivity (Wildman–Crippen MR) is 68.2 cm³/mol. The summed E-state index contributed by atoms with van der Waals surface area (Å²) in [6, 6.07) is 0. The lowest BCUT2D eigenvalue weighted by molar-refractivity contribution is -0.124. The monoisotopic (exact) mass is 315 g/mol. The third-order valence-electron chi connectivity index (χ3n) is 3.52. The maximum absolute atomic E-state index is 12.2. The van der Waals surface area contributed by atoms with Gasteiger partial charge >= 0.3 is 15.5 Å². The van der Waals surface area contributed by atoms with E-state index in [4.69, 9.17) is 0 Å². The largest absolute Gasteiger partial charge is 0.516 e. The average molecular weight is 315 g/mol. The van der Waals surface area contributed by atoms with Gasteiger partial charge in [-0.05, 0) is 12.8 Å². The van der Waals surface area contributed by atoms with Gasteiger partial charge in [0.1, 0.15) is 0 Å². The first-order valence-electron chi connectivity index (χ1n) is 6.87. The van der Waals surface area contributed by atoms with E-state index in [0.29, 0.717) is 12.8 Å². The summed E-state index contributed by atoms with van der Waals surface area (Å²) in [4.78, 5) is 11.7. The Kier molecular flexibility index (Phi) is 6.29. The van der Waals surface area contributed by atoms with Crippen LogP contribution in [0, 0.1) is 5.92 Å². The molecule has 0 aromatic rings. The van der Waals surface area contributed by atoms with Gasteiger partial charge in [-0.25, -0.2) is 4.72 Å². The molecule has 1 N–H and O–H groups in total. The smallest absolute Gasteiger partial charge is 0.274 e. The van der Waals surface area contributed by atoms with Crippen LogP contribution in [0.5, 0.6) is 0 Å². The zero-order valence-corrected chi connectivity index (χ0v) is 12.0. The zero-order chi connectivity index (χ0) is 15.2. The predicted octanol–water partition coefficient (Wildman–Crippen LogP) is 3.09. The second-order valence-electron chi connectivity index (χ2n) is 5.16. The third kappa shape index (κ3) is 5.30. The van der Waals surface area contributed by atoms with Crippen molar-refractivity contribution in [1.82, 2.24) is 4.72 Å². The highest BCUT2D eigenvalue weighted by Crippen LogP contribution is 2.25. The Bertz CT molecular complexity index is 410. The fourth-order valence-corrected chi connectivity index (χ4v) is 2.89. The van der Waals surface area contributed by atoms with Gasteiger partial charge in [0, 0.05) is 5.92 Å². The molecule has 0 bridgehead atoms. The van der Waals surface area contributed by atoms with Crippen molar-refractivity contribution in [3.63, 3.8) is 0 Å². The normalized spacial score (nSPS) is 20.4. The van der Waals surface area contributed by atoms with Crippen molar-refractivity contribution in [2.75, 3.05) is 0 Å². The highest BCUT2D eigenvalue weighted by atomic mass is 32.2. The van der Waals surface area contributed by atoms with E-state index in [1.165, 1.54) is 0 Å². The Labute approximate surface area is 117 Å². The van der Waals surface area contributed by atoms with Gasteiger partial charge in [-0.2, -0.15) is 21.6 Å². The van der Waals surface area contributed by atoms with Crippen LogP contribution in [0.2, 0.25) is 0 Å². The maximum atomic E-state index is 12.2. The van der Waals surface area contributed by atoms with Crippen molar-refractivity contribution in [2.24, 2.45) is 5.92 Å². The number of hydrogen-bond donors (Lipinski definition) is 1. The molecule has 0 radical (unpaired) electrons. The molecule has 0 saturated heterocycles. The Hall–Kier alpha value is -0.790. The van der Waals surface area contributed by atoms with Gasteiger partial charge < -0.3 is 0 Å². The number of nitrogens with one attached hydrogen (secondary N) is 1. The molecule has 20 heavy (non-hydrogen) atoms. The lowest BCUT2D eigenvalue weighted by Crippen LogP contribution is -2.43. The summed E-state index contributed by atoms with van der Waals surface area (Å²) in [6.07, 6.45) is 7.46. The van der Waals surface area contributed by atoms with Crippen molar-refractivity contribution in [3.8, 4) is 0 Å². The van der Waals surface area contributed by atoms with Crippen molar-refractivity contribution < 1.29 is 26.4 Å². The van der Waals surface area contributed by atoms with Crippen LogP contribution in [0.3, 0.4) is 0 Å². The highest BCUT2D eigenvalue weighted by molar-refractivity contribution is 7.90. The fourth-order valence-electron chi connectivity index (χ4n) is 2.35. The Balaban J connectivity index is 2.63. The first kappa shape index (κ1) is 17.3. The fraction of sp³-hybridized carbons (Fsp3) is 0.917. The van der Waals surface area contributed by atoms with Crippen molar-refractivity contribution in [2.45, 2.75) is 63.3 Å². The lowest BCUT2D eigenvalue weighted by atomic mass is 9.92. The minimum absolute atomic E-state index is 0.444. The van der Waals surface area contributed by atoms with E-state index < -0.39 is 27.4 Å². The van der Waals surface area contributed by atoms with Gasteiger partial charge in [-0.1, -0.05) is 44.9 Å². The Morgan fingerprint density at radius 1 is 0.900 bits per heavy atom. The number of halogens is 3. The maximum Gasteiger partial charge on any atom is 0.516 e. The summed E-state index contributed by atoms with van der Waals surface area (Å²) in [5.74, 6) is -1.67. The number of sulfonamides is 1. The van der Waals surface area contributed by atoms with Gasteiger partial charge in [-0.15, -0.1) is 0 Å². The number of rotatable bonds is 2. The summed E-state index contributed by atoms with van der Waals surface area (Å²) >= 11 is 0. The van der Waals surface area contributed by atoms with Crippen LogP contribution < -0.4 is 4.72 Å². The molecule has 0 aromatic heterocycles. The van der Waals surface area contributed by atoms with Crippen LogP contribution in [0.15, 0.2) is 0 Å². The number of amides is 1. The van der Waals surface area contributed by atoms with E-state index in [2.05, 4.69) is 0 Å². The molecule has 1 rings (SSSR count). The standard InChI is InChI=1S/C12H20F3NO3S/c13-12(14,15)20(18,19)16-11(17)10-8-6-4-2-1-3-5-7-9-10/h10H,1-9H2,(H,16,17).